The number of nitro groups is 1. The Hall–Kier alpha value is -2.21. The third-order valence-corrected chi connectivity index (χ3v) is 3.53. The Morgan fingerprint density at radius 1 is 1.37 bits per heavy atom. The molecule has 0 bridgehead atoms. The van der Waals surface area contributed by atoms with Crippen LogP contribution in [0.4, 0.5) is 5.69 Å². The van der Waals surface area contributed by atoms with Gasteiger partial charge in [0.1, 0.15) is 5.75 Å². The van der Waals surface area contributed by atoms with E-state index in [1.807, 2.05) is 13.0 Å². The van der Waals surface area contributed by atoms with Gasteiger partial charge in [-0.25, -0.2) is 0 Å². The van der Waals surface area contributed by atoms with Crippen molar-refractivity contribution in [3.05, 3.63) is 50.9 Å². The number of thiophene rings is 1. The normalized spacial score (nSPS) is 10.2. The zero-order chi connectivity index (χ0) is 14.0. The predicted octanol–water partition coefficient (Wildman–Crippen LogP) is 3.96. The fraction of sp³-hybridized carbons (Fsp3) is 0.154. The Balaban J connectivity index is 2.38. The van der Waals surface area contributed by atoms with Crippen molar-refractivity contribution in [2.45, 2.75) is 13.8 Å². The van der Waals surface area contributed by atoms with Crippen LogP contribution in [0, 0.1) is 17.0 Å². The molecule has 0 fully saturated rings. The maximum absolute atomic E-state index is 11.3. The van der Waals surface area contributed by atoms with Crippen LogP contribution >= 0.6 is 11.3 Å². The number of nitrogens with zero attached hydrogens (tertiary/aromatic N) is 1. The third-order valence-electron chi connectivity index (χ3n) is 2.42. The van der Waals surface area contributed by atoms with Gasteiger partial charge < -0.3 is 4.74 Å². The molecule has 1 aromatic carbocycles. The maximum Gasteiger partial charge on any atom is 0.323 e. The first-order chi connectivity index (χ1) is 8.97. The summed E-state index contributed by atoms with van der Waals surface area (Å²) in [4.78, 5) is 22.0. The van der Waals surface area contributed by atoms with Gasteiger partial charge in [-0.05, 0) is 31.5 Å². The van der Waals surface area contributed by atoms with E-state index in [0.29, 0.717) is 10.6 Å². The highest BCUT2D eigenvalue weighted by atomic mass is 32.1. The molecular formula is C13H11NO4S. The highest BCUT2D eigenvalue weighted by molar-refractivity contribution is 7.16. The van der Waals surface area contributed by atoms with Crippen LogP contribution in [0.15, 0.2) is 30.3 Å². The van der Waals surface area contributed by atoms with E-state index in [0.717, 1.165) is 16.9 Å². The second kappa shape index (κ2) is 5.19. The van der Waals surface area contributed by atoms with Crippen LogP contribution in [-0.2, 0) is 0 Å². The second-order valence-corrected chi connectivity index (χ2v) is 5.03. The SMILES string of the molecule is CC(=O)c1cc([N+](=O)[O-])c(Oc2cccc(C)c2)s1. The fourth-order valence-electron chi connectivity index (χ4n) is 1.52. The van der Waals surface area contributed by atoms with Crippen LogP contribution in [0.2, 0.25) is 0 Å². The number of benzene rings is 1. The summed E-state index contributed by atoms with van der Waals surface area (Å²) in [5, 5.41) is 11.1. The molecule has 0 atom stereocenters. The molecule has 1 aromatic heterocycles. The largest absolute Gasteiger partial charge is 0.440 e. The van der Waals surface area contributed by atoms with Gasteiger partial charge in [-0.3, -0.25) is 14.9 Å². The minimum Gasteiger partial charge on any atom is -0.440 e. The molecule has 0 N–H and O–H groups in total. The van der Waals surface area contributed by atoms with E-state index in [4.69, 9.17) is 4.74 Å². The molecule has 0 amide bonds. The molecule has 6 heteroatoms. The van der Waals surface area contributed by atoms with Gasteiger partial charge in [-0.15, -0.1) is 0 Å². The summed E-state index contributed by atoms with van der Waals surface area (Å²) in [7, 11) is 0. The van der Waals surface area contributed by atoms with Gasteiger partial charge in [0.25, 0.3) is 5.06 Å². The standard InChI is InChI=1S/C13H11NO4S/c1-8-4-3-5-10(6-8)18-13-11(14(16)17)7-12(19-13)9(2)15/h3-7H,1-2H3. The van der Waals surface area contributed by atoms with Crippen molar-refractivity contribution in [3.8, 4) is 10.8 Å². The van der Waals surface area contributed by atoms with Crippen LogP contribution < -0.4 is 4.74 Å². The molecule has 2 aromatic rings. The van der Waals surface area contributed by atoms with E-state index in [2.05, 4.69) is 0 Å². The summed E-state index contributed by atoms with van der Waals surface area (Å²) in [6.45, 7) is 3.27. The van der Waals surface area contributed by atoms with E-state index >= 15 is 0 Å². The smallest absolute Gasteiger partial charge is 0.323 e. The van der Waals surface area contributed by atoms with Crippen LogP contribution in [0.1, 0.15) is 22.2 Å². The monoisotopic (exact) mass is 277 g/mol. The van der Waals surface area contributed by atoms with Gasteiger partial charge in [0.2, 0.25) is 0 Å². The number of Topliss-reactive ketones (excluding diaryl/α,β-unsaturated/α-hetero) is 1. The van der Waals surface area contributed by atoms with Crippen molar-refractivity contribution in [2.24, 2.45) is 0 Å². The molecule has 2 rings (SSSR count). The van der Waals surface area contributed by atoms with Crippen molar-refractivity contribution in [3.63, 3.8) is 0 Å². The minimum atomic E-state index is -0.548. The summed E-state index contributed by atoms with van der Waals surface area (Å²) in [5.74, 6) is 0.298. The molecule has 1 heterocycles. The van der Waals surface area contributed by atoms with Crippen LogP contribution in [0.5, 0.6) is 10.8 Å². The van der Waals surface area contributed by atoms with Crippen molar-refractivity contribution in [1.82, 2.24) is 0 Å². The maximum atomic E-state index is 11.3. The number of ketones is 1. The molecule has 0 aliphatic rings. The molecule has 0 spiro atoms. The van der Waals surface area contributed by atoms with E-state index in [-0.39, 0.29) is 16.5 Å². The average Bonchev–Trinajstić information content (AvgIpc) is 2.73. The van der Waals surface area contributed by atoms with E-state index in [9.17, 15) is 14.9 Å². The topological polar surface area (TPSA) is 69.4 Å². The molecule has 98 valence electrons. The Kier molecular flexibility index (Phi) is 3.62. The van der Waals surface area contributed by atoms with Crippen molar-refractivity contribution in [1.29, 1.82) is 0 Å². The highest BCUT2D eigenvalue weighted by Gasteiger charge is 2.22. The van der Waals surface area contributed by atoms with E-state index < -0.39 is 4.92 Å². The number of carbonyl (C=O) groups excluding carboxylic acids is 1. The van der Waals surface area contributed by atoms with Crippen molar-refractivity contribution >= 4 is 22.8 Å². The number of aryl methyl sites for hydroxylation is 1. The zero-order valence-electron chi connectivity index (χ0n) is 10.4. The van der Waals surface area contributed by atoms with Crippen LogP contribution in [0.3, 0.4) is 0 Å². The van der Waals surface area contributed by atoms with Gasteiger partial charge >= 0.3 is 5.69 Å². The third kappa shape index (κ3) is 2.97. The Bertz CT molecular complexity index is 648. The van der Waals surface area contributed by atoms with E-state index in [1.165, 1.54) is 13.0 Å². The molecule has 0 aliphatic heterocycles. The van der Waals surface area contributed by atoms with Gasteiger partial charge in [0.05, 0.1) is 9.80 Å². The molecule has 0 aliphatic carbocycles. The molecular weight excluding hydrogens is 266 g/mol. The lowest BCUT2D eigenvalue weighted by Crippen LogP contribution is -1.89. The molecule has 0 saturated carbocycles. The zero-order valence-corrected chi connectivity index (χ0v) is 11.2. The lowest BCUT2D eigenvalue weighted by atomic mass is 10.2. The quantitative estimate of drug-likeness (QED) is 0.482. The number of carbonyl (C=O) groups is 1. The predicted molar refractivity (Wildman–Crippen MR) is 72.2 cm³/mol. The van der Waals surface area contributed by atoms with Crippen LogP contribution in [0.25, 0.3) is 0 Å². The Morgan fingerprint density at radius 3 is 2.68 bits per heavy atom. The summed E-state index contributed by atoms with van der Waals surface area (Å²) < 4.78 is 5.51. The minimum absolute atomic E-state index is 0.126. The summed E-state index contributed by atoms with van der Waals surface area (Å²) in [5.41, 5.74) is 0.806. The fourth-order valence-corrected chi connectivity index (χ4v) is 2.41. The van der Waals surface area contributed by atoms with Crippen LogP contribution in [-0.4, -0.2) is 10.7 Å². The number of hydrogen-bond acceptors (Lipinski definition) is 5. The molecule has 19 heavy (non-hydrogen) atoms. The molecule has 0 radical (unpaired) electrons. The first kappa shape index (κ1) is 13.2. The second-order valence-electron chi connectivity index (χ2n) is 4.02. The molecule has 5 nitrogen and oxygen atoms in total. The Labute approximate surface area is 113 Å². The summed E-state index contributed by atoms with van der Waals surface area (Å²) in [6, 6.07) is 8.44. The van der Waals surface area contributed by atoms with Gasteiger partial charge in [0.15, 0.2) is 5.78 Å². The highest BCUT2D eigenvalue weighted by Crippen LogP contribution is 2.40. The average molecular weight is 277 g/mol. The van der Waals surface area contributed by atoms with E-state index in [1.54, 1.807) is 18.2 Å². The summed E-state index contributed by atoms with van der Waals surface area (Å²) in [6.07, 6.45) is 0. The lowest BCUT2D eigenvalue weighted by molar-refractivity contribution is -0.385. The first-order valence-corrected chi connectivity index (χ1v) is 6.32. The summed E-state index contributed by atoms with van der Waals surface area (Å²) >= 11 is 0.983. The van der Waals surface area contributed by atoms with Gasteiger partial charge in [-0.2, -0.15) is 0 Å². The number of hydrogen-bond donors (Lipinski definition) is 0. The Morgan fingerprint density at radius 2 is 2.11 bits per heavy atom. The van der Waals surface area contributed by atoms with Gasteiger partial charge in [-0.1, -0.05) is 23.5 Å². The van der Waals surface area contributed by atoms with Crippen molar-refractivity contribution < 1.29 is 14.5 Å². The molecule has 0 unspecified atom stereocenters. The first-order valence-electron chi connectivity index (χ1n) is 5.51. The molecule has 0 saturated heterocycles. The van der Waals surface area contributed by atoms with Crippen molar-refractivity contribution in [2.75, 3.05) is 0 Å². The lowest BCUT2D eigenvalue weighted by Gasteiger charge is -2.03. The van der Waals surface area contributed by atoms with Gasteiger partial charge in [0, 0.05) is 6.07 Å². The number of ether oxygens (including phenoxy) is 1. The number of rotatable bonds is 4.